The van der Waals surface area contributed by atoms with Crippen molar-refractivity contribution in [3.63, 3.8) is 0 Å². The number of para-hydroxylation sites is 2. The number of ether oxygens (including phenoxy) is 3. The van der Waals surface area contributed by atoms with Gasteiger partial charge in [0.15, 0.2) is 17.6 Å². The van der Waals surface area contributed by atoms with Gasteiger partial charge >= 0.3 is 5.97 Å². The van der Waals surface area contributed by atoms with Gasteiger partial charge in [-0.1, -0.05) is 30.3 Å². The van der Waals surface area contributed by atoms with Crippen LogP contribution in [0.4, 0.5) is 5.69 Å². The Morgan fingerprint density at radius 1 is 1.00 bits per heavy atom. The molecule has 1 aliphatic heterocycles. The number of amides is 1. The Balaban J connectivity index is 1.31. The Hall–Kier alpha value is -4.33. The van der Waals surface area contributed by atoms with E-state index in [1.165, 1.54) is 6.92 Å². The van der Waals surface area contributed by atoms with Crippen LogP contribution >= 0.6 is 0 Å². The number of aromatic amines is 1. The Labute approximate surface area is 189 Å². The Kier molecular flexibility index (Phi) is 5.40. The monoisotopic (exact) mass is 443 g/mol. The van der Waals surface area contributed by atoms with Crippen LogP contribution in [0.3, 0.4) is 0 Å². The summed E-state index contributed by atoms with van der Waals surface area (Å²) in [5, 5.41) is 2.74. The molecule has 0 spiro atoms. The molecule has 0 fully saturated rings. The smallest absolute Gasteiger partial charge is 0.339 e. The minimum atomic E-state index is -1.02. The zero-order valence-electron chi connectivity index (χ0n) is 17.8. The number of hydrogen-bond acceptors (Lipinski definition) is 6. The molecule has 3 aromatic carbocycles. The lowest BCUT2D eigenvalue weighted by molar-refractivity contribution is -0.123. The number of benzene rings is 3. The van der Waals surface area contributed by atoms with Crippen LogP contribution in [-0.2, 0) is 9.53 Å². The first-order chi connectivity index (χ1) is 16.1. The van der Waals surface area contributed by atoms with Crippen molar-refractivity contribution in [2.45, 2.75) is 13.0 Å². The molecule has 166 valence electrons. The molecule has 0 saturated carbocycles. The van der Waals surface area contributed by atoms with Crippen molar-refractivity contribution in [2.24, 2.45) is 0 Å². The molecule has 8 heteroatoms. The fraction of sp³-hybridized carbons (Fsp3) is 0.160. The third kappa shape index (κ3) is 4.23. The van der Waals surface area contributed by atoms with Crippen LogP contribution in [0.25, 0.3) is 22.4 Å². The molecule has 1 amide bonds. The van der Waals surface area contributed by atoms with E-state index in [0.717, 1.165) is 11.0 Å². The van der Waals surface area contributed by atoms with E-state index in [0.29, 0.717) is 47.4 Å². The van der Waals surface area contributed by atoms with Crippen LogP contribution < -0.4 is 14.8 Å². The van der Waals surface area contributed by atoms with Crippen LogP contribution in [0, 0.1) is 0 Å². The minimum Gasteiger partial charge on any atom is -0.486 e. The van der Waals surface area contributed by atoms with Crippen LogP contribution in [0.2, 0.25) is 0 Å². The topological polar surface area (TPSA) is 103 Å². The van der Waals surface area contributed by atoms with Crippen LogP contribution in [0.5, 0.6) is 11.5 Å². The third-order valence-electron chi connectivity index (χ3n) is 5.25. The highest BCUT2D eigenvalue weighted by Gasteiger charge is 2.23. The maximum atomic E-state index is 12.9. The lowest BCUT2D eigenvalue weighted by Gasteiger charge is -2.19. The number of anilines is 1. The summed E-state index contributed by atoms with van der Waals surface area (Å²) < 4.78 is 16.5. The van der Waals surface area contributed by atoms with Gasteiger partial charge < -0.3 is 24.5 Å². The van der Waals surface area contributed by atoms with Gasteiger partial charge in [-0.15, -0.1) is 0 Å². The van der Waals surface area contributed by atoms with E-state index in [1.807, 2.05) is 30.3 Å². The summed E-state index contributed by atoms with van der Waals surface area (Å²) in [6, 6.07) is 19.7. The molecule has 0 saturated heterocycles. The summed E-state index contributed by atoms with van der Waals surface area (Å²) in [6.07, 6.45) is -1.02. The molecule has 5 rings (SSSR count). The first-order valence-electron chi connectivity index (χ1n) is 10.5. The van der Waals surface area contributed by atoms with Crippen LogP contribution in [0.15, 0.2) is 66.7 Å². The average molecular weight is 443 g/mol. The van der Waals surface area contributed by atoms with Crippen molar-refractivity contribution in [2.75, 3.05) is 18.5 Å². The van der Waals surface area contributed by atoms with Crippen molar-refractivity contribution in [3.05, 3.63) is 72.3 Å². The molecule has 0 bridgehead atoms. The van der Waals surface area contributed by atoms with Crippen molar-refractivity contribution in [1.29, 1.82) is 0 Å². The number of aromatic nitrogens is 2. The highest BCUT2D eigenvalue weighted by Crippen LogP contribution is 2.32. The van der Waals surface area contributed by atoms with Gasteiger partial charge in [-0.25, -0.2) is 9.78 Å². The van der Waals surface area contributed by atoms with Crippen molar-refractivity contribution < 1.29 is 23.8 Å². The quantitative estimate of drug-likeness (QED) is 0.449. The number of rotatable bonds is 5. The Bertz CT molecular complexity index is 1310. The van der Waals surface area contributed by atoms with Crippen molar-refractivity contribution in [1.82, 2.24) is 9.97 Å². The fourth-order valence-corrected chi connectivity index (χ4v) is 3.59. The number of fused-ring (bicyclic) bond motifs is 2. The van der Waals surface area contributed by atoms with Gasteiger partial charge in [0.05, 0.1) is 16.6 Å². The summed E-state index contributed by atoms with van der Waals surface area (Å²) >= 11 is 0. The van der Waals surface area contributed by atoms with E-state index < -0.39 is 18.0 Å². The summed E-state index contributed by atoms with van der Waals surface area (Å²) in [7, 11) is 0. The predicted molar refractivity (Wildman–Crippen MR) is 122 cm³/mol. The van der Waals surface area contributed by atoms with E-state index >= 15 is 0 Å². The molecule has 2 heterocycles. The summed E-state index contributed by atoms with van der Waals surface area (Å²) in [4.78, 5) is 33.4. The highest BCUT2D eigenvalue weighted by molar-refractivity contribution is 6.00. The first kappa shape index (κ1) is 20.6. The fourth-order valence-electron chi connectivity index (χ4n) is 3.59. The summed E-state index contributed by atoms with van der Waals surface area (Å²) in [5.74, 6) is 0.665. The molecule has 0 aliphatic carbocycles. The van der Waals surface area contributed by atoms with E-state index in [-0.39, 0.29) is 0 Å². The standard InChI is InChI=1S/C25H21N3O5/c1-15(24(29)26-16-10-11-21-22(14-16)32-13-12-31-21)33-25(30)18-7-3-2-6-17(18)23-27-19-8-4-5-9-20(19)28-23/h2-11,14-15H,12-13H2,1H3,(H,26,29)(H,27,28). The van der Waals surface area contributed by atoms with Gasteiger partial charge in [0.2, 0.25) is 0 Å². The normalized spacial score (nSPS) is 13.4. The number of hydrogen-bond donors (Lipinski definition) is 2. The first-order valence-corrected chi connectivity index (χ1v) is 10.5. The largest absolute Gasteiger partial charge is 0.486 e. The summed E-state index contributed by atoms with van der Waals surface area (Å²) in [6.45, 7) is 2.46. The molecule has 1 unspecified atom stereocenters. The van der Waals surface area contributed by atoms with Gasteiger partial charge in [0.1, 0.15) is 19.0 Å². The lowest BCUT2D eigenvalue weighted by Crippen LogP contribution is -2.30. The van der Waals surface area contributed by atoms with Crippen LogP contribution in [0.1, 0.15) is 17.3 Å². The predicted octanol–water partition coefficient (Wildman–Crippen LogP) is 4.19. The molecule has 0 radical (unpaired) electrons. The molecule has 2 N–H and O–H groups in total. The molecule has 1 aromatic heterocycles. The van der Waals surface area contributed by atoms with E-state index in [9.17, 15) is 9.59 Å². The van der Waals surface area contributed by atoms with Gasteiger partial charge in [-0.2, -0.15) is 0 Å². The van der Waals surface area contributed by atoms with E-state index in [4.69, 9.17) is 14.2 Å². The second-order valence-electron chi connectivity index (χ2n) is 7.54. The molecule has 1 aliphatic rings. The molecular formula is C25H21N3O5. The summed E-state index contributed by atoms with van der Waals surface area (Å²) in [5.41, 5.74) is 3.09. The van der Waals surface area contributed by atoms with Gasteiger partial charge in [0.25, 0.3) is 5.91 Å². The number of carbonyl (C=O) groups excluding carboxylic acids is 2. The second kappa shape index (κ2) is 8.66. The van der Waals surface area contributed by atoms with Gasteiger partial charge in [-0.3, -0.25) is 4.79 Å². The highest BCUT2D eigenvalue weighted by atomic mass is 16.6. The van der Waals surface area contributed by atoms with Gasteiger partial charge in [0, 0.05) is 17.3 Å². The number of imidazole rings is 1. The van der Waals surface area contributed by atoms with Crippen molar-refractivity contribution in [3.8, 4) is 22.9 Å². The number of esters is 1. The van der Waals surface area contributed by atoms with E-state index in [2.05, 4.69) is 15.3 Å². The number of H-pyrrole nitrogens is 1. The average Bonchev–Trinajstić information content (AvgIpc) is 3.28. The third-order valence-corrected chi connectivity index (χ3v) is 5.25. The van der Waals surface area contributed by atoms with Gasteiger partial charge in [-0.05, 0) is 37.3 Å². The maximum Gasteiger partial charge on any atom is 0.339 e. The number of nitrogens with zero attached hydrogens (tertiary/aromatic N) is 1. The zero-order chi connectivity index (χ0) is 22.8. The van der Waals surface area contributed by atoms with Crippen molar-refractivity contribution >= 4 is 28.6 Å². The molecule has 33 heavy (non-hydrogen) atoms. The zero-order valence-corrected chi connectivity index (χ0v) is 17.8. The number of carbonyl (C=O) groups is 2. The molecule has 8 nitrogen and oxygen atoms in total. The lowest BCUT2D eigenvalue weighted by atomic mass is 10.1. The molecular weight excluding hydrogens is 422 g/mol. The van der Waals surface area contributed by atoms with Crippen LogP contribution in [-0.4, -0.2) is 41.2 Å². The Morgan fingerprint density at radius 2 is 1.76 bits per heavy atom. The SMILES string of the molecule is CC(OC(=O)c1ccccc1-c1nc2ccccc2[nH]1)C(=O)Nc1ccc2c(c1)OCCO2. The molecule has 1 atom stereocenters. The Morgan fingerprint density at radius 3 is 2.61 bits per heavy atom. The maximum absolute atomic E-state index is 12.9. The number of nitrogens with one attached hydrogen (secondary N) is 2. The van der Waals surface area contributed by atoms with E-state index in [1.54, 1.807) is 36.4 Å². The molecule has 4 aromatic rings. The minimum absolute atomic E-state index is 0.315. The second-order valence-corrected chi connectivity index (χ2v) is 7.54.